The number of hydrogen-bond acceptors (Lipinski definition) is 1. The molecule has 0 radical (unpaired) electrons. The molecular weight excluding hydrogens is 246 g/mol. The van der Waals surface area contributed by atoms with E-state index in [1.54, 1.807) is 0 Å². The molecule has 0 aromatic carbocycles. The molecule has 5 saturated carbocycles. The van der Waals surface area contributed by atoms with Gasteiger partial charge in [-0.3, -0.25) is 4.79 Å². The van der Waals surface area contributed by atoms with Crippen molar-refractivity contribution in [2.24, 2.45) is 23.2 Å². The van der Waals surface area contributed by atoms with Gasteiger partial charge in [-0.2, -0.15) is 0 Å². The van der Waals surface area contributed by atoms with E-state index < -0.39 is 0 Å². The molecule has 20 heavy (non-hydrogen) atoms. The van der Waals surface area contributed by atoms with Crippen molar-refractivity contribution in [1.29, 1.82) is 0 Å². The van der Waals surface area contributed by atoms with Crippen molar-refractivity contribution in [3.05, 3.63) is 12.2 Å². The van der Waals surface area contributed by atoms with Gasteiger partial charge in [0.25, 0.3) is 0 Å². The van der Waals surface area contributed by atoms with Crippen LogP contribution < -0.4 is 5.32 Å². The van der Waals surface area contributed by atoms with Crippen LogP contribution in [-0.4, -0.2) is 11.9 Å². The molecule has 110 valence electrons. The highest BCUT2D eigenvalue weighted by molar-refractivity contribution is 5.83. The summed E-state index contributed by atoms with van der Waals surface area (Å²) >= 11 is 0. The maximum Gasteiger partial charge on any atom is 0.226 e. The lowest BCUT2D eigenvalue weighted by Crippen LogP contribution is -2.55. The van der Waals surface area contributed by atoms with Crippen LogP contribution in [0.3, 0.4) is 0 Å². The molecule has 1 N–H and O–H groups in total. The minimum atomic E-state index is 0.0310. The van der Waals surface area contributed by atoms with Gasteiger partial charge in [0.1, 0.15) is 0 Å². The Morgan fingerprint density at radius 3 is 2.00 bits per heavy atom. The molecule has 0 atom stereocenters. The van der Waals surface area contributed by atoms with Gasteiger partial charge < -0.3 is 5.32 Å². The van der Waals surface area contributed by atoms with E-state index in [4.69, 9.17) is 0 Å². The highest BCUT2D eigenvalue weighted by atomic mass is 16.2. The zero-order valence-electron chi connectivity index (χ0n) is 12.5. The molecule has 0 aromatic heterocycles. The monoisotopic (exact) mass is 273 g/mol. The van der Waals surface area contributed by atoms with E-state index in [1.165, 1.54) is 44.1 Å². The topological polar surface area (TPSA) is 29.1 Å². The van der Waals surface area contributed by atoms with E-state index in [0.29, 0.717) is 11.9 Å². The van der Waals surface area contributed by atoms with Crippen LogP contribution in [0.15, 0.2) is 12.2 Å². The van der Waals surface area contributed by atoms with Gasteiger partial charge >= 0.3 is 0 Å². The van der Waals surface area contributed by atoms with Crippen molar-refractivity contribution in [3.8, 4) is 0 Å². The molecular formula is C18H27NO. The average molecular weight is 273 g/mol. The molecule has 5 aliphatic carbocycles. The number of hydrogen-bond donors (Lipinski definition) is 1. The molecule has 0 heterocycles. The molecule has 0 aliphatic heterocycles. The number of nitrogens with one attached hydrogen (secondary N) is 1. The van der Waals surface area contributed by atoms with Crippen molar-refractivity contribution >= 4 is 5.91 Å². The Kier molecular flexibility index (Phi) is 2.98. The minimum absolute atomic E-state index is 0.0310. The van der Waals surface area contributed by atoms with E-state index in [2.05, 4.69) is 11.9 Å². The summed E-state index contributed by atoms with van der Waals surface area (Å²) in [6, 6.07) is 0.418. The first kappa shape index (κ1) is 12.9. The van der Waals surface area contributed by atoms with E-state index in [-0.39, 0.29) is 5.41 Å². The van der Waals surface area contributed by atoms with Gasteiger partial charge in [-0.05, 0) is 82.0 Å². The molecule has 1 amide bonds. The second-order valence-corrected chi connectivity index (χ2v) is 8.20. The third kappa shape index (κ3) is 2.12. The zero-order valence-corrected chi connectivity index (χ0v) is 12.5. The van der Waals surface area contributed by atoms with Crippen LogP contribution in [0.4, 0.5) is 0 Å². The Morgan fingerprint density at radius 1 is 1.00 bits per heavy atom. The van der Waals surface area contributed by atoms with Gasteiger partial charge in [-0.25, -0.2) is 0 Å². The first-order valence-electron chi connectivity index (χ1n) is 8.60. The summed E-state index contributed by atoms with van der Waals surface area (Å²) in [7, 11) is 0. The number of carbonyl (C=O) groups is 1. The van der Waals surface area contributed by atoms with Crippen LogP contribution in [0, 0.1) is 23.2 Å². The summed E-state index contributed by atoms with van der Waals surface area (Å²) in [5.41, 5.74) is 1.40. The number of allylic oxidation sites excluding steroid dienone is 1. The third-order valence-electron chi connectivity index (χ3n) is 6.55. The second-order valence-electron chi connectivity index (χ2n) is 8.20. The van der Waals surface area contributed by atoms with Crippen molar-refractivity contribution < 1.29 is 4.79 Å². The molecule has 0 aromatic rings. The average Bonchev–Trinajstić information content (AvgIpc) is 2.40. The number of amides is 1. The van der Waals surface area contributed by atoms with E-state index in [9.17, 15) is 4.79 Å². The molecule has 2 nitrogen and oxygen atoms in total. The Bertz CT molecular complexity index is 393. The Labute approximate surface area is 122 Å². The lowest BCUT2D eigenvalue weighted by atomic mass is 9.49. The Morgan fingerprint density at radius 2 is 1.50 bits per heavy atom. The van der Waals surface area contributed by atoms with Gasteiger partial charge in [0, 0.05) is 11.5 Å². The molecule has 4 bridgehead atoms. The lowest BCUT2D eigenvalue weighted by molar-refractivity contribution is -0.147. The first-order valence-corrected chi connectivity index (χ1v) is 8.60. The summed E-state index contributed by atoms with van der Waals surface area (Å²) in [5, 5.41) is 3.42. The molecule has 0 unspecified atom stereocenters. The summed E-state index contributed by atoms with van der Waals surface area (Å²) in [5.74, 6) is 2.99. The van der Waals surface area contributed by atoms with E-state index >= 15 is 0 Å². The summed E-state index contributed by atoms with van der Waals surface area (Å²) in [4.78, 5) is 12.9. The third-order valence-corrected chi connectivity index (χ3v) is 6.55. The van der Waals surface area contributed by atoms with Crippen LogP contribution in [-0.2, 0) is 4.79 Å². The Balaban J connectivity index is 1.44. The van der Waals surface area contributed by atoms with Crippen molar-refractivity contribution in [3.63, 3.8) is 0 Å². The van der Waals surface area contributed by atoms with Crippen LogP contribution in [0.2, 0.25) is 0 Å². The van der Waals surface area contributed by atoms with E-state index in [0.717, 1.165) is 43.4 Å². The summed E-state index contributed by atoms with van der Waals surface area (Å²) in [6.07, 6.45) is 12.2. The fraction of sp³-hybridized carbons (Fsp3) is 0.833. The standard InChI is InChI=1S/C18H27NO/c1-12-2-4-16(5-3-12)19-17(20)18-9-13-6-14(10-18)8-15(7-13)11-18/h13-16H,1-11H2,(H,19,20). The van der Waals surface area contributed by atoms with Crippen LogP contribution in [0.5, 0.6) is 0 Å². The van der Waals surface area contributed by atoms with Crippen molar-refractivity contribution in [2.75, 3.05) is 0 Å². The summed E-state index contributed by atoms with van der Waals surface area (Å²) < 4.78 is 0. The van der Waals surface area contributed by atoms with Crippen LogP contribution >= 0.6 is 0 Å². The predicted molar refractivity (Wildman–Crippen MR) is 80.1 cm³/mol. The van der Waals surface area contributed by atoms with Gasteiger partial charge in [-0.1, -0.05) is 12.2 Å². The minimum Gasteiger partial charge on any atom is -0.353 e. The smallest absolute Gasteiger partial charge is 0.226 e. The molecule has 2 heteroatoms. The Hall–Kier alpha value is -0.790. The SMILES string of the molecule is C=C1CCC(NC(=O)C23CC4CC(CC(C4)C2)C3)CC1. The first-order chi connectivity index (χ1) is 9.63. The second kappa shape index (κ2) is 4.61. The normalized spacial score (nSPS) is 43.8. The lowest BCUT2D eigenvalue weighted by Gasteiger charge is -2.56. The van der Waals surface area contributed by atoms with Gasteiger partial charge in [0.2, 0.25) is 5.91 Å². The maximum absolute atomic E-state index is 12.9. The van der Waals surface area contributed by atoms with Gasteiger partial charge in [0.05, 0.1) is 0 Å². The highest BCUT2D eigenvalue weighted by Crippen LogP contribution is 2.60. The van der Waals surface area contributed by atoms with Crippen molar-refractivity contribution in [1.82, 2.24) is 5.32 Å². The largest absolute Gasteiger partial charge is 0.353 e. The zero-order chi connectivity index (χ0) is 13.7. The quantitative estimate of drug-likeness (QED) is 0.761. The van der Waals surface area contributed by atoms with E-state index in [1.807, 2.05) is 0 Å². The van der Waals surface area contributed by atoms with Gasteiger partial charge in [-0.15, -0.1) is 0 Å². The number of rotatable bonds is 2. The fourth-order valence-electron chi connectivity index (χ4n) is 5.90. The predicted octanol–water partition coefficient (Wildman–Crippen LogP) is 3.82. The van der Waals surface area contributed by atoms with Gasteiger partial charge in [0.15, 0.2) is 0 Å². The maximum atomic E-state index is 12.9. The van der Waals surface area contributed by atoms with Crippen LogP contribution in [0.25, 0.3) is 0 Å². The number of carbonyl (C=O) groups excluding carboxylic acids is 1. The highest BCUT2D eigenvalue weighted by Gasteiger charge is 2.54. The molecule has 5 fully saturated rings. The fourth-order valence-corrected chi connectivity index (χ4v) is 5.90. The van der Waals surface area contributed by atoms with Crippen molar-refractivity contribution in [2.45, 2.75) is 70.3 Å². The molecule has 0 saturated heterocycles. The molecule has 5 rings (SSSR count). The molecule has 5 aliphatic rings. The van der Waals surface area contributed by atoms with Crippen LogP contribution in [0.1, 0.15) is 64.2 Å². The summed E-state index contributed by atoms with van der Waals surface area (Å²) in [6.45, 7) is 4.07. The molecule has 0 spiro atoms.